The number of rotatable bonds is 14. The molecule has 0 aromatic heterocycles. The number of nitrogens with zero attached hydrogens (tertiary/aromatic N) is 1. The van der Waals surface area contributed by atoms with Crippen LogP contribution >= 0.6 is 0 Å². The lowest BCUT2D eigenvalue weighted by Crippen LogP contribution is -2.54. The van der Waals surface area contributed by atoms with Crippen molar-refractivity contribution in [2.24, 2.45) is 5.73 Å². The smallest absolute Gasteiger partial charge is 0.408 e. The van der Waals surface area contributed by atoms with Gasteiger partial charge in [-0.25, -0.2) is 4.79 Å². The van der Waals surface area contributed by atoms with Crippen LogP contribution in [0, 0.1) is 13.8 Å². The number of unbranched alkanes of at least 4 members (excludes halogenated alkanes) is 1. The SMILES string of the molecule is CCCCN(C(=O)C(CCC(N)=O)NC(=O)OC(C)(C)C)C(C(=O)NC(C)CCC)c1c(C)cccc1C. The van der Waals surface area contributed by atoms with Crippen molar-refractivity contribution in [1.29, 1.82) is 0 Å². The van der Waals surface area contributed by atoms with Gasteiger partial charge in [0.2, 0.25) is 17.7 Å². The molecule has 9 heteroatoms. The van der Waals surface area contributed by atoms with E-state index in [1.165, 1.54) is 4.90 Å². The van der Waals surface area contributed by atoms with Crippen molar-refractivity contribution in [2.45, 2.75) is 118 Å². The van der Waals surface area contributed by atoms with Crippen LogP contribution in [0.25, 0.3) is 0 Å². The number of amides is 4. The second kappa shape index (κ2) is 15.3. The molecule has 0 aliphatic rings. The van der Waals surface area contributed by atoms with E-state index in [1.807, 2.05) is 52.8 Å². The molecular weight excluding hydrogens is 484 g/mol. The number of aryl methyl sites for hydroxylation is 2. The summed E-state index contributed by atoms with van der Waals surface area (Å²) in [7, 11) is 0. The van der Waals surface area contributed by atoms with Crippen LogP contribution in [0.5, 0.6) is 0 Å². The third kappa shape index (κ3) is 10.7. The van der Waals surface area contributed by atoms with Gasteiger partial charge in [0.15, 0.2) is 0 Å². The Morgan fingerprint density at radius 1 is 1.00 bits per heavy atom. The fraction of sp³-hybridized carbons (Fsp3) is 0.655. The van der Waals surface area contributed by atoms with Crippen molar-refractivity contribution in [3.8, 4) is 0 Å². The Kier molecular flexibility index (Phi) is 13.3. The molecule has 3 atom stereocenters. The molecule has 0 bridgehead atoms. The molecule has 0 saturated heterocycles. The third-order valence-electron chi connectivity index (χ3n) is 6.19. The first-order valence-corrected chi connectivity index (χ1v) is 13.7. The number of alkyl carbamates (subject to hydrolysis) is 1. The molecule has 0 aliphatic heterocycles. The number of nitrogens with one attached hydrogen (secondary N) is 2. The van der Waals surface area contributed by atoms with Crippen molar-refractivity contribution in [3.05, 3.63) is 34.9 Å². The number of primary amides is 1. The first-order chi connectivity index (χ1) is 17.7. The van der Waals surface area contributed by atoms with Gasteiger partial charge in [-0.1, -0.05) is 44.9 Å². The van der Waals surface area contributed by atoms with E-state index in [0.717, 1.165) is 36.0 Å². The maximum atomic E-state index is 14.1. The lowest BCUT2D eigenvalue weighted by molar-refractivity contribution is -0.143. The van der Waals surface area contributed by atoms with Crippen LogP contribution in [-0.4, -0.2) is 52.9 Å². The summed E-state index contributed by atoms with van der Waals surface area (Å²) in [5, 5.41) is 5.72. The number of nitrogens with two attached hydrogens (primary N) is 1. The van der Waals surface area contributed by atoms with Crippen LogP contribution in [0.15, 0.2) is 18.2 Å². The summed E-state index contributed by atoms with van der Waals surface area (Å²) in [4.78, 5) is 53.8. The summed E-state index contributed by atoms with van der Waals surface area (Å²) in [5.41, 5.74) is 7.13. The van der Waals surface area contributed by atoms with Crippen molar-refractivity contribution in [1.82, 2.24) is 15.5 Å². The van der Waals surface area contributed by atoms with Gasteiger partial charge >= 0.3 is 6.09 Å². The van der Waals surface area contributed by atoms with E-state index in [4.69, 9.17) is 10.5 Å². The third-order valence-corrected chi connectivity index (χ3v) is 6.19. The molecule has 0 fully saturated rings. The Balaban J connectivity index is 3.59. The fourth-order valence-electron chi connectivity index (χ4n) is 4.40. The van der Waals surface area contributed by atoms with Gasteiger partial charge < -0.3 is 26.0 Å². The number of benzene rings is 1. The van der Waals surface area contributed by atoms with E-state index >= 15 is 0 Å². The maximum Gasteiger partial charge on any atom is 0.408 e. The zero-order valence-electron chi connectivity index (χ0n) is 24.5. The van der Waals surface area contributed by atoms with Gasteiger partial charge in [0.1, 0.15) is 17.7 Å². The molecule has 0 saturated carbocycles. The normalized spacial score (nSPS) is 13.7. The number of hydrogen-bond acceptors (Lipinski definition) is 5. The molecule has 9 nitrogen and oxygen atoms in total. The highest BCUT2D eigenvalue weighted by Gasteiger charge is 2.37. The van der Waals surface area contributed by atoms with Gasteiger partial charge in [-0.3, -0.25) is 14.4 Å². The second-order valence-corrected chi connectivity index (χ2v) is 11.0. The van der Waals surface area contributed by atoms with Gasteiger partial charge in [0, 0.05) is 19.0 Å². The Hall–Kier alpha value is -3.10. The van der Waals surface area contributed by atoms with Crippen LogP contribution in [0.1, 0.15) is 103 Å². The average molecular weight is 533 g/mol. The summed E-state index contributed by atoms with van der Waals surface area (Å²) in [6, 6.07) is 3.68. The quantitative estimate of drug-likeness (QED) is 0.326. The largest absolute Gasteiger partial charge is 0.444 e. The standard InChI is InChI=1S/C29H48N4O5/c1-9-11-18-33(27(36)22(16-17-23(30)34)32-28(37)38-29(6,7)8)25(26(35)31-21(5)13-10-2)24-19(3)14-12-15-20(24)4/h12,14-15,21-22,25H,9-11,13,16-18H2,1-8H3,(H2,30,34)(H,31,35)(H,32,37). The van der Waals surface area contributed by atoms with Gasteiger partial charge in [-0.15, -0.1) is 0 Å². The van der Waals surface area contributed by atoms with Crippen LogP contribution in [-0.2, 0) is 19.1 Å². The highest BCUT2D eigenvalue weighted by molar-refractivity contribution is 5.93. The summed E-state index contributed by atoms with van der Waals surface area (Å²) in [5.74, 6) is -1.33. The molecule has 4 N–H and O–H groups in total. The number of carbonyl (C=O) groups excluding carboxylic acids is 4. The van der Waals surface area contributed by atoms with Gasteiger partial charge in [-0.2, -0.15) is 0 Å². The summed E-state index contributed by atoms with van der Waals surface area (Å²) in [6.07, 6.45) is 2.26. The van der Waals surface area contributed by atoms with E-state index in [9.17, 15) is 19.2 Å². The van der Waals surface area contributed by atoms with Crippen molar-refractivity contribution in [3.63, 3.8) is 0 Å². The van der Waals surface area contributed by atoms with E-state index in [1.54, 1.807) is 20.8 Å². The summed E-state index contributed by atoms with van der Waals surface area (Å²) in [6.45, 7) is 15.3. The van der Waals surface area contributed by atoms with Crippen LogP contribution in [0.3, 0.4) is 0 Å². The van der Waals surface area contributed by atoms with E-state index in [2.05, 4.69) is 10.6 Å². The number of carbonyl (C=O) groups is 4. The van der Waals surface area contributed by atoms with Crippen molar-refractivity contribution >= 4 is 23.8 Å². The van der Waals surface area contributed by atoms with E-state index in [0.29, 0.717) is 13.0 Å². The molecule has 4 amide bonds. The first kappa shape index (κ1) is 32.9. The molecule has 0 heterocycles. The van der Waals surface area contributed by atoms with E-state index in [-0.39, 0.29) is 24.8 Å². The predicted octanol–water partition coefficient (Wildman–Crippen LogP) is 4.44. The molecule has 0 spiro atoms. The predicted molar refractivity (Wildman–Crippen MR) is 149 cm³/mol. The lowest BCUT2D eigenvalue weighted by atomic mass is 9.93. The van der Waals surface area contributed by atoms with Crippen LogP contribution in [0.2, 0.25) is 0 Å². The summed E-state index contributed by atoms with van der Waals surface area (Å²) >= 11 is 0. The monoisotopic (exact) mass is 532 g/mol. The Bertz CT molecular complexity index is 937. The van der Waals surface area contributed by atoms with Crippen molar-refractivity contribution < 1.29 is 23.9 Å². The molecule has 1 aromatic carbocycles. The van der Waals surface area contributed by atoms with Crippen LogP contribution < -0.4 is 16.4 Å². The topological polar surface area (TPSA) is 131 Å². The van der Waals surface area contributed by atoms with Gasteiger partial charge in [0.25, 0.3) is 0 Å². The van der Waals surface area contributed by atoms with Gasteiger partial charge in [-0.05, 0) is 77.5 Å². The molecule has 3 unspecified atom stereocenters. The highest BCUT2D eigenvalue weighted by Crippen LogP contribution is 2.29. The average Bonchev–Trinajstić information content (AvgIpc) is 2.79. The molecule has 1 rings (SSSR count). The fourth-order valence-corrected chi connectivity index (χ4v) is 4.40. The second-order valence-electron chi connectivity index (χ2n) is 11.0. The summed E-state index contributed by atoms with van der Waals surface area (Å²) < 4.78 is 5.38. The highest BCUT2D eigenvalue weighted by atomic mass is 16.6. The zero-order valence-corrected chi connectivity index (χ0v) is 24.5. The van der Waals surface area contributed by atoms with Crippen LogP contribution in [0.4, 0.5) is 4.79 Å². The first-order valence-electron chi connectivity index (χ1n) is 13.7. The maximum absolute atomic E-state index is 14.1. The molecule has 0 aliphatic carbocycles. The minimum Gasteiger partial charge on any atom is -0.444 e. The Morgan fingerprint density at radius 3 is 2.11 bits per heavy atom. The molecule has 0 radical (unpaired) electrons. The molecule has 38 heavy (non-hydrogen) atoms. The zero-order chi connectivity index (χ0) is 29.0. The minimum absolute atomic E-state index is 0.0106. The Labute approximate surface area is 228 Å². The molecule has 1 aromatic rings. The van der Waals surface area contributed by atoms with Crippen molar-refractivity contribution in [2.75, 3.05) is 6.54 Å². The number of ether oxygens (including phenoxy) is 1. The van der Waals surface area contributed by atoms with Gasteiger partial charge in [0.05, 0.1) is 0 Å². The molecular formula is C29H48N4O5. The lowest BCUT2D eigenvalue weighted by Gasteiger charge is -2.36. The molecule has 214 valence electrons. The Morgan fingerprint density at radius 2 is 1.61 bits per heavy atom. The minimum atomic E-state index is -1.10. The van der Waals surface area contributed by atoms with E-state index < -0.39 is 35.6 Å². The number of hydrogen-bond donors (Lipinski definition) is 3.